The minimum absolute atomic E-state index is 0.415. The van der Waals surface area contributed by atoms with Gasteiger partial charge in [0.1, 0.15) is 6.04 Å². The lowest BCUT2D eigenvalue weighted by molar-refractivity contribution is -0.138. The maximum Gasteiger partial charge on any atom is 0.320 e. The number of nitrogens with one attached hydrogen (secondary N) is 1. The van der Waals surface area contributed by atoms with Gasteiger partial charge in [0, 0.05) is 13.2 Å². The Morgan fingerprint density at radius 3 is 1.16 bits per heavy atom. The molecule has 0 aliphatic carbocycles. The van der Waals surface area contributed by atoms with Crippen molar-refractivity contribution in [3.8, 4) is 0 Å². The van der Waals surface area contributed by atoms with Crippen LogP contribution in [0, 0.1) is 0 Å². The summed E-state index contributed by atoms with van der Waals surface area (Å²) in [6.07, 6.45) is 33.9. The van der Waals surface area contributed by atoms with Crippen LogP contribution in [0.15, 0.2) is 0 Å². The van der Waals surface area contributed by atoms with Crippen molar-refractivity contribution < 1.29 is 14.6 Å². The molecule has 0 aromatic rings. The zero-order valence-corrected chi connectivity index (χ0v) is 26.6. The summed E-state index contributed by atoms with van der Waals surface area (Å²) in [7, 11) is 0. The lowest BCUT2D eigenvalue weighted by Gasteiger charge is -2.08. The smallest absolute Gasteiger partial charge is 0.320 e. The second-order valence-electron chi connectivity index (χ2n) is 11.4. The Bertz CT molecular complexity index is 416. The van der Waals surface area contributed by atoms with Crippen molar-refractivity contribution in [3.63, 3.8) is 0 Å². The zero-order valence-electron chi connectivity index (χ0n) is 26.6. The molecule has 0 fully saturated rings. The van der Waals surface area contributed by atoms with E-state index in [1.165, 1.54) is 154 Å². The van der Waals surface area contributed by atoms with Crippen LogP contribution in [-0.2, 0) is 9.53 Å². The third kappa shape index (κ3) is 37.5. The fourth-order valence-corrected chi connectivity index (χ4v) is 4.62. The molecule has 0 amide bonds. The fourth-order valence-electron chi connectivity index (χ4n) is 4.62. The Morgan fingerprint density at radius 1 is 0.526 bits per heavy atom. The summed E-state index contributed by atoms with van der Waals surface area (Å²) in [6, 6.07) is -0.415. The van der Waals surface area contributed by atoms with Gasteiger partial charge in [0.15, 0.2) is 0 Å². The van der Waals surface area contributed by atoms with E-state index in [-0.39, 0.29) is 0 Å². The standard InChI is InChI=1S/C18H37NO2.C16H34O/c1-3-4-5-6-7-8-9-10-11-12-13-14-15-16-19-17(2)18(20)21;1-3-5-7-9-10-11-12-14-16-17-15-13-8-6-4-2/h17,19H,3-16H2,1-2H3,(H,20,21);3-16H2,1-2H3. The normalized spacial score (nSPS) is 11.8. The molecule has 0 aliphatic rings. The first-order valence-corrected chi connectivity index (χ1v) is 17.1. The van der Waals surface area contributed by atoms with Crippen LogP contribution >= 0.6 is 0 Å². The molecule has 4 nitrogen and oxygen atoms in total. The van der Waals surface area contributed by atoms with E-state index in [0.29, 0.717) is 0 Å². The van der Waals surface area contributed by atoms with Crippen molar-refractivity contribution in [1.29, 1.82) is 0 Å². The number of carboxylic acids is 1. The molecule has 0 saturated carbocycles. The Morgan fingerprint density at radius 2 is 0.816 bits per heavy atom. The second-order valence-corrected chi connectivity index (χ2v) is 11.4. The highest BCUT2D eigenvalue weighted by Crippen LogP contribution is 2.12. The van der Waals surface area contributed by atoms with Crippen LogP contribution in [0.25, 0.3) is 0 Å². The molecule has 0 aromatic heterocycles. The number of hydrogen-bond acceptors (Lipinski definition) is 3. The van der Waals surface area contributed by atoms with Gasteiger partial charge >= 0.3 is 5.97 Å². The highest BCUT2D eigenvalue weighted by atomic mass is 16.5. The van der Waals surface area contributed by atoms with Crippen LogP contribution in [0.1, 0.15) is 188 Å². The lowest BCUT2D eigenvalue weighted by atomic mass is 10.0. The predicted octanol–water partition coefficient (Wildman–Crippen LogP) is 10.9. The molecule has 0 saturated heterocycles. The van der Waals surface area contributed by atoms with Crippen molar-refractivity contribution >= 4 is 5.97 Å². The van der Waals surface area contributed by atoms with E-state index in [9.17, 15) is 4.79 Å². The summed E-state index contributed by atoms with van der Waals surface area (Å²) in [5.74, 6) is -0.760. The quantitative estimate of drug-likeness (QED) is 0.0888. The van der Waals surface area contributed by atoms with Crippen molar-refractivity contribution in [2.45, 2.75) is 194 Å². The topological polar surface area (TPSA) is 58.6 Å². The molecular weight excluding hydrogens is 470 g/mol. The van der Waals surface area contributed by atoms with Gasteiger partial charge in [0.25, 0.3) is 0 Å². The monoisotopic (exact) mass is 542 g/mol. The highest BCUT2D eigenvalue weighted by molar-refractivity contribution is 5.72. The molecule has 1 unspecified atom stereocenters. The molecule has 0 heterocycles. The molecule has 0 radical (unpaired) electrons. The number of ether oxygens (including phenoxy) is 1. The molecule has 0 rings (SSSR count). The average Bonchev–Trinajstić information content (AvgIpc) is 2.91. The van der Waals surface area contributed by atoms with Gasteiger partial charge in [0.05, 0.1) is 0 Å². The maximum absolute atomic E-state index is 10.6. The number of rotatable bonds is 30. The van der Waals surface area contributed by atoms with Gasteiger partial charge < -0.3 is 15.2 Å². The number of carbonyl (C=O) groups is 1. The zero-order chi connectivity index (χ0) is 28.4. The second kappa shape index (κ2) is 36.4. The molecule has 1 atom stereocenters. The molecule has 38 heavy (non-hydrogen) atoms. The molecule has 4 heteroatoms. The molecule has 0 spiro atoms. The van der Waals surface area contributed by atoms with E-state index in [1.54, 1.807) is 6.92 Å². The largest absolute Gasteiger partial charge is 0.480 e. The molecule has 0 aliphatic heterocycles. The first-order chi connectivity index (χ1) is 18.6. The van der Waals surface area contributed by atoms with Crippen molar-refractivity contribution in [1.82, 2.24) is 5.32 Å². The minimum Gasteiger partial charge on any atom is -0.480 e. The van der Waals surface area contributed by atoms with Crippen molar-refractivity contribution in [2.24, 2.45) is 0 Å². The van der Waals surface area contributed by atoms with Gasteiger partial charge in [-0.1, -0.05) is 162 Å². The first-order valence-electron chi connectivity index (χ1n) is 17.1. The van der Waals surface area contributed by atoms with E-state index in [1.807, 2.05) is 0 Å². The Kier molecular flexibility index (Phi) is 37.9. The molecular formula is C34H71NO3. The van der Waals surface area contributed by atoms with Crippen LogP contribution in [0.3, 0.4) is 0 Å². The summed E-state index contributed by atoms with van der Waals surface area (Å²) in [5, 5.41) is 11.7. The van der Waals surface area contributed by atoms with E-state index < -0.39 is 12.0 Å². The van der Waals surface area contributed by atoms with Gasteiger partial charge in [-0.2, -0.15) is 0 Å². The first kappa shape index (κ1) is 39.5. The number of unbranched alkanes of at least 4 members (excludes halogenated alkanes) is 22. The molecule has 230 valence electrons. The number of hydrogen-bond donors (Lipinski definition) is 2. The van der Waals surface area contributed by atoms with Gasteiger partial charge in [-0.3, -0.25) is 4.79 Å². The summed E-state index contributed by atoms with van der Waals surface area (Å²) in [4.78, 5) is 10.6. The molecule has 0 aromatic carbocycles. The van der Waals surface area contributed by atoms with E-state index in [0.717, 1.165) is 26.2 Å². The van der Waals surface area contributed by atoms with Crippen molar-refractivity contribution in [2.75, 3.05) is 19.8 Å². The van der Waals surface area contributed by atoms with Gasteiger partial charge in [-0.15, -0.1) is 0 Å². The summed E-state index contributed by atoms with van der Waals surface area (Å²) in [5.41, 5.74) is 0. The van der Waals surface area contributed by atoms with Crippen LogP contribution in [0.2, 0.25) is 0 Å². The maximum atomic E-state index is 10.6. The summed E-state index contributed by atoms with van der Waals surface area (Å²) >= 11 is 0. The Labute approximate surface area is 239 Å². The van der Waals surface area contributed by atoms with Crippen LogP contribution < -0.4 is 5.32 Å². The van der Waals surface area contributed by atoms with E-state index >= 15 is 0 Å². The fraction of sp³-hybridized carbons (Fsp3) is 0.971. The van der Waals surface area contributed by atoms with Crippen molar-refractivity contribution in [3.05, 3.63) is 0 Å². The van der Waals surface area contributed by atoms with Gasteiger partial charge in [-0.05, 0) is 32.7 Å². The average molecular weight is 542 g/mol. The summed E-state index contributed by atoms with van der Waals surface area (Å²) in [6.45, 7) is 11.3. The number of carboxylic acid groups (broad SMARTS) is 1. The highest BCUT2D eigenvalue weighted by Gasteiger charge is 2.07. The molecule has 0 bridgehead atoms. The predicted molar refractivity (Wildman–Crippen MR) is 168 cm³/mol. The molecule has 2 N–H and O–H groups in total. The van der Waals surface area contributed by atoms with Gasteiger partial charge in [-0.25, -0.2) is 0 Å². The Balaban J connectivity index is 0. The van der Waals surface area contributed by atoms with E-state index in [2.05, 4.69) is 26.1 Å². The third-order valence-corrected chi connectivity index (χ3v) is 7.39. The van der Waals surface area contributed by atoms with Crippen LogP contribution in [-0.4, -0.2) is 36.9 Å². The summed E-state index contributed by atoms with van der Waals surface area (Å²) < 4.78 is 5.63. The van der Waals surface area contributed by atoms with Crippen LogP contribution in [0.4, 0.5) is 0 Å². The number of aliphatic carboxylic acids is 1. The minimum atomic E-state index is -0.760. The lowest BCUT2D eigenvalue weighted by Crippen LogP contribution is -2.34. The van der Waals surface area contributed by atoms with Crippen LogP contribution in [0.5, 0.6) is 0 Å². The third-order valence-electron chi connectivity index (χ3n) is 7.39. The Hall–Kier alpha value is -0.610. The van der Waals surface area contributed by atoms with Gasteiger partial charge in [0.2, 0.25) is 0 Å². The SMILES string of the molecule is CCCCCCCCCCCCCCCNC(C)C(=O)O.CCCCCCCCCCOCCCCCC. The van der Waals surface area contributed by atoms with E-state index in [4.69, 9.17) is 9.84 Å².